The highest BCUT2D eigenvalue weighted by molar-refractivity contribution is 6.25. The topological polar surface area (TPSA) is 136 Å². The van der Waals surface area contributed by atoms with Crippen molar-refractivity contribution in [2.24, 2.45) is 0 Å². The standard InChI is InChI=1S/C22H22O9/c1-29-19-17(25)14-10-22(21(27)28,11-15(14)18(26)20(19)30-2)12-5-7-13(8-6-12)31-9-3-4-16(23)24/h5-8H,3-4,9-11H2,1-2H3,(H,23,24)(H,27,28). The number of hydrogen-bond donors (Lipinski definition) is 2. The largest absolute Gasteiger partial charge is 0.494 e. The molecule has 2 N–H and O–H groups in total. The summed E-state index contributed by atoms with van der Waals surface area (Å²) < 4.78 is 15.6. The first-order valence-electron chi connectivity index (χ1n) is 9.57. The molecule has 0 fully saturated rings. The highest BCUT2D eigenvalue weighted by Crippen LogP contribution is 2.48. The second kappa shape index (κ2) is 8.63. The summed E-state index contributed by atoms with van der Waals surface area (Å²) in [6.07, 6.45) is 0.0317. The number of allylic oxidation sites excluding steroid dienone is 2. The number of carbonyl (C=O) groups is 4. The van der Waals surface area contributed by atoms with E-state index in [0.29, 0.717) is 17.7 Å². The third kappa shape index (κ3) is 3.90. The molecular weight excluding hydrogens is 408 g/mol. The van der Waals surface area contributed by atoms with Gasteiger partial charge in [-0.1, -0.05) is 12.1 Å². The van der Waals surface area contributed by atoms with Crippen molar-refractivity contribution in [1.29, 1.82) is 0 Å². The highest BCUT2D eigenvalue weighted by Gasteiger charge is 2.53. The highest BCUT2D eigenvalue weighted by atomic mass is 16.5. The molecule has 164 valence electrons. The number of benzene rings is 1. The first-order chi connectivity index (χ1) is 14.7. The average molecular weight is 430 g/mol. The molecule has 0 unspecified atom stereocenters. The molecule has 0 radical (unpaired) electrons. The van der Waals surface area contributed by atoms with Crippen LogP contribution >= 0.6 is 0 Å². The van der Waals surface area contributed by atoms with Crippen LogP contribution in [0.3, 0.4) is 0 Å². The Morgan fingerprint density at radius 3 is 1.87 bits per heavy atom. The van der Waals surface area contributed by atoms with Gasteiger partial charge in [0.25, 0.3) is 0 Å². The summed E-state index contributed by atoms with van der Waals surface area (Å²) in [5, 5.41) is 18.7. The van der Waals surface area contributed by atoms with Crippen molar-refractivity contribution >= 4 is 23.5 Å². The summed E-state index contributed by atoms with van der Waals surface area (Å²) in [5.41, 5.74) is -0.816. The zero-order valence-corrected chi connectivity index (χ0v) is 17.1. The van der Waals surface area contributed by atoms with Gasteiger partial charge in [-0.15, -0.1) is 0 Å². The maximum absolute atomic E-state index is 12.8. The first kappa shape index (κ1) is 22.1. The van der Waals surface area contributed by atoms with Gasteiger partial charge in [-0.3, -0.25) is 19.2 Å². The molecule has 0 saturated heterocycles. The second-order valence-electron chi connectivity index (χ2n) is 7.29. The van der Waals surface area contributed by atoms with Gasteiger partial charge in [-0.2, -0.15) is 0 Å². The molecule has 0 spiro atoms. The Morgan fingerprint density at radius 2 is 1.45 bits per heavy atom. The second-order valence-corrected chi connectivity index (χ2v) is 7.29. The van der Waals surface area contributed by atoms with Crippen molar-refractivity contribution in [1.82, 2.24) is 0 Å². The Balaban J connectivity index is 1.84. The molecule has 0 amide bonds. The lowest BCUT2D eigenvalue weighted by Gasteiger charge is -2.25. The van der Waals surface area contributed by atoms with Gasteiger partial charge in [-0.05, 0) is 37.0 Å². The van der Waals surface area contributed by atoms with Crippen molar-refractivity contribution in [2.75, 3.05) is 20.8 Å². The van der Waals surface area contributed by atoms with Gasteiger partial charge >= 0.3 is 11.9 Å². The molecule has 9 nitrogen and oxygen atoms in total. The van der Waals surface area contributed by atoms with E-state index in [-0.39, 0.29) is 48.5 Å². The van der Waals surface area contributed by atoms with Crippen LogP contribution in [0.25, 0.3) is 0 Å². The predicted molar refractivity (Wildman–Crippen MR) is 105 cm³/mol. The molecule has 0 bridgehead atoms. The van der Waals surface area contributed by atoms with Gasteiger partial charge in [0.15, 0.2) is 0 Å². The maximum atomic E-state index is 12.8. The van der Waals surface area contributed by atoms with Crippen LogP contribution in [-0.4, -0.2) is 54.5 Å². The number of rotatable bonds is 9. The van der Waals surface area contributed by atoms with Gasteiger partial charge < -0.3 is 24.4 Å². The van der Waals surface area contributed by atoms with Gasteiger partial charge in [0, 0.05) is 17.6 Å². The summed E-state index contributed by atoms with van der Waals surface area (Å²) >= 11 is 0. The summed E-state index contributed by atoms with van der Waals surface area (Å²) in [4.78, 5) is 48.5. The molecule has 1 aromatic rings. The van der Waals surface area contributed by atoms with E-state index in [1.807, 2.05) is 0 Å². The van der Waals surface area contributed by atoms with Crippen molar-refractivity contribution in [3.05, 3.63) is 52.5 Å². The third-order valence-electron chi connectivity index (χ3n) is 5.52. The minimum atomic E-state index is -1.49. The van der Waals surface area contributed by atoms with Crippen LogP contribution in [-0.2, 0) is 34.1 Å². The molecule has 0 heterocycles. The Labute approximate surface area is 177 Å². The fraction of sp³-hybridized carbons (Fsp3) is 0.364. The minimum absolute atomic E-state index is 0.0134. The molecule has 2 aliphatic carbocycles. The van der Waals surface area contributed by atoms with Crippen molar-refractivity contribution in [3.8, 4) is 5.75 Å². The molecule has 2 aliphatic rings. The first-order valence-corrected chi connectivity index (χ1v) is 9.57. The molecule has 0 aliphatic heterocycles. The van der Waals surface area contributed by atoms with Crippen molar-refractivity contribution < 1.29 is 43.6 Å². The van der Waals surface area contributed by atoms with E-state index in [9.17, 15) is 24.3 Å². The Hall–Kier alpha value is -3.62. The lowest BCUT2D eigenvalue weighted by Crippen LogP contribution is -2.34. The van der Waals surface area contributed by atoms with Crippen LogP contribution in [0.4, 0.5) is 0 Å². The SMILES string of the molecule is COC1=C(OC)C(=O)C2=C(CC(C(=O)O)(c3ccc(OCCCC(=O)O)cc3)C2)C1=O. The zero-order chi connectivity index (χ0) is 22.8. The van der Waals surface area contributed by atoms with Gasteiger partial charge in [-0.25, -0.2) is 0 Å². The smallest absolute Gasteiger partial charge is 0.314 e. The molecule has 9 heteroatoms. The molecular formula is C22H22O9. The van der Waals surface area contributed by atoms with E-state index in [1.165, 1.54) is 14.2 Å². The lowest BCUT2D eigenvalue weighted by molar-refractivity contribution is -0.143. The van der Waals surface area contributed by atoms with E-state index < -0.39 is 28.9 Å². The summed E-state index contributed by atoms with van der Waals surface area (Å²) in [5.74, 6) is -3.15. The van der Waals surface area contributed by atoms with Crippen LogP contribution in [0.15, 0.2) is 46.9 Å². The van der Waals surface area contributed by atoms with Gasteiger partial charge in [0.05, 0.1) is 20.8 Å². The number of carboxylic acid groups (broad SMARTS) is 2. The number of ether oxygens (including phenoxy) is 3. The minimum Gasteiger partial charge on any atom is -0.494 e. The number of carboxylic acids is 2. The molecule has 31 heavy (non-hydrogen) atoms. The van der Waals surface area contributed by atoms with E-state index in [4.69, 9.17) is 19.3 Å². The predicted octanol–water partition coefficient (Wildman–Crippen LogP) is 2.00. The van der Waals surface area contributed by atoms with Gasteiger partial charge in [0.2, 0.25) is 23.1 Å². The quantitative estimate of drug-likeness (QED) is 0.445. The Kier molecular flexibility index (Phi) is 6.14. The van der Waals surface area contributed by atoms with E-state index >= 15 is 0 Å². The number of Topliss-reactive ketones (excluding diaryl/α,β-unsaturated/α-hetero) is 2. The van der Waals surface area contributed by atoms with E-state index in [1.54, 1.807) is 24.3 Å². The molecule has 0 aromatic heterocycles. The Morgan fingerprint density at radius 1 is 0.935 bits per heavy atom. The van der Waals surface area contributed by atoms with Crippen molar-refractivity contribution in [2.45, 2.75) is 31.1 Å². The van der Waals surface area contributed by atoms with Crippen LogP contribution in [0.5, 0.6) is 5.75 Å². The molecule has 0 saturated carbocycles. The molecule has 1 aromatic carbocycles. The fourth-order valence-electron chi connectivity index (χ4n) is 3.93. The van der Waals surface area contributed by atoms with E-state index in [2.05, 4.69) is 0 Å². The fourth-order valence-corrected chi connectivity index (χ4v) is 3.93. The Bertz CT molecular complexity index is 960. The number of methoxy groups -OCH3 is 2. The van der Waals surface area contributed by atoms with E-state index in [0.717, 1.165) is 0 Å². The number of aliphatic carboxylic acids is 2. The van der Waals surface area contributed by atoms with Crippen LogP contribution < -0.4 is 4.74 Å². The summed E-state index contributed by atoms with van der Waals surface area (Å²) in [7, 11) is 2.50. The number of hydrogen-bond acceptors (Lipinski definition) is 7. The van der Waals surface area contributed by atoms with Crippen LogP contribution in [0, 0.1) is 0 Å². The van der Waals surface area contributed by atoms with Crippen LogP contribution in [0.1, 0.15) is 31.2 Å². The zero-order valence-electron chi connectivity index (χ0n) is 17.1. The number of carbonyl (C=O) groups excluding carboxylic acids is 2. The molecule has 0 atom stereocenters. The number of ketones is 2. The average Bonchev–Trinajstić information content (AvgIpc) is 3.17. The molecule has 3 rings (SSSR count). The third-order valence-corrected chi connectivity index (χ3v) is 5.52. The summed E-state index contributed by atoms with van der Waals surface area (Å²) in [6.45, 7) is 0.208. The normalized spacial score (nSPS) is 17.5. The lowest BCUT2D eigenvalue weighted by atomic mass is 9.76. The van der Waals surface area contributed by atoms with Gasteiger partial charge in [0.1, 0.15) is 11.2 Å². The van der Waals surface area contributed by atoms with Crippen molar-refractivity contribution in [3.63, 3.8) is 0 Å². The summed E-state index contributed by atoms with van der Waals surface area (Å²) in [6, 6.07) is 6.33. The monoisotopic (exact) mass is 430 g/mol. The van der Waals surface area contributed by atoms with Crippen LogP contribution in [0.2, 0.25) is 0 Å². The maximum Gasteiger partial charge on any atom is 0.314 e.